The van der Waals surface area contributed by atoms with Crippen molar-refractivity contribution in [2.75, 3.05) is 13.6 Å². The third-order valence-corrected chi connectivity index (χ3v) is 4.60. The van der Waals surface area contributed by atoms with Crippen LogP contribution in [-0.2, 0) is 18.4 Å². The van der Waals surface area contributed by atoms with Crippen LogP contribution in [0.15, 0.2) is 54.6 Å². The third kappa shape index (κ3) is 3.56. The summed E-state index contributed by atoms with van der Waals surface area (Å²) in [5.74, 6) is 0.836. The van der Waals surface area contributed by atoms with E-state index < -0.39 is 0 Å². The van der Waals surface area contributed by atoms with Gasteiger partial charge in [0.1, 0.15) is 11.9 Å². The Kier molecular flexibility index (Phi) is 5.14. The number of hydrogen-bond donors (Lipinski definition) is 1. The molecule has 0 saturated heterocycles. The fraction of sp³-hybridized carbons (Fsp3) is 0.300. The Labute approximate surface area is 148 Å². The van der Waals surface area contributed by atoms with E-state index in [0.717, 1.165) is 29.0 Å². The molecule has 1 amide bonds. The van der Waals surface area contributed by atoms with Gasteiger partial charge in [-0.3, -0.25) is 9.69 Å². The minimum atomic E-state index is -0.305. The van der Waals surface area contributed by atoms with Crippen molar-refractivity contribution in [2.45, 2.75) is 19.5 Å². The molecule has 3 aromatic rings. The molecule has 5 nitrogen and oxygen atoms in total. The van der Waals surface area contributed by atoms with Crippen LogP contribution < -0.4 is 5.32 Å². The van der Waals surface area contributed by atoms with E-state index in [4.69, 9.17) is 0 Å². The number of fused-ring (bicyclic) bond motifs is 1. The Balaban J connectivity index is 1.78. The minimum absolute atomic E-state index is 0.0115. The first-order valence-electron chi connectivity index (χ1n) is 8.55. The standard InChI is InChI=1S/C20H24N4O/c1-4-23(2)19(15-10-6-5-7-11-15)20(25)21-14-18-22-16-12-8-9-13-17(16)24(18)3/h5-13,19H,4,14H2,1-3H3,(H,21,25)/t19-/m1/s1. The molecule has 25 heavy (non-hydrogen) atoms. The highest BCUT2D eigenvalue weighted by Gasteiger charge is 2.24. The zero-order valence-electron chi connectivity index (χ0n) is 14.9. The number of carbonyl (C=O) groups excluding carboxylic acids is 1. The number of amides is 1. The lowest BCUT2D eigenvalue weighted by Gasteiger charge is -2.26. The van der Waals surface area contributed by atoms with Gasteiger partial charge in [0.25, 0.3) is 0 Å². The molecule has 3 rings (SSSR count). The van der Waals surface area contributed by atoms with Gasteiger partial charge in [-0.1, -0.05) is 49.4 Å². The second-order valence-electron chi connectivity index (χ2n) is 6.18. The van der Waals surface area contributed by atoms with Crippen molar-refractivity contribution in [3.8, 4) is 0 Å². The Morgan fingerprint density at radius 1 is 1.16 bits per heavy atom. The summed E-state index contributed by atoms with van der Waals surface area (Å²) < 4.78 is 2.02. The average Bonchev–Trinajstić information content (AvgIpc) is 2.97. The summed E-state index contributed by atoms with van der Waals surface area (Å²) in [6.45, 7) is 3.25. The van der Waals surface area contributed by atoms with Crippen LogP contribution in [0.25, 0.3) is 11.0 Å². The van der Waals surface area contributed by atoms with Crippen LogP contribution in [0.1, 0.15) is 24.4 Å². The second kappa shape index (κ2) is 7.49. The molecule has 5 heteroatoms. The van der Waals surface area contributed by atoms with E-state index in [0.29, 0.717) is 6.54 Å². The van der Waals surface area contributed by atoms with Crippen LogP contribution in [0, 0.1) is 0 Å². The van der Waals surface area contributed by atoms with Crippen molar-refractivity contribution < 1.29 is 4.79 Å². The highest BCUT2D eigenvalue weighted by molar-refractivity contribution is 5.83. The first-order valence-corrected chi connectivity index (χ1v) is 8.55. The minimum Gasteiger partial charge on any atom is -0.347 e. The Morgan fingerprint density at radius 2 is 1.84 bits per heavy atom. The van der Waals surface area contributed by atoms with E-state index in [1.54, 1.807) is 0 Å². The van der Waals surface area contributed by atoms with Crippen molar-refractivity contribution in [2.24, 2.45) is 7.05 Å². The first kappa shape index (κ1) is 17.2. The maximum absolute atomic E-state index is 12.9. The SMILES string of the molecule is CCN(C)[C@@H](C(=O)NCc1nc2ccccc2n1C)c1ccccc1. The number of benzene rings is 2. The number of carbonyl (C=O) groups is 1. The fourth-order valence-electron chi connectivity index (χ4n) is 3.04. The van der Waals surface area contributed by atoms with Crippen LogP contribution in [-0.4, -0.2) is 34.0 Å². The molecule has 0 unspecified atom stereocenters. The van der Waals surface area contributed by atoms with E-state index in [2.05, 4.69) is 17.2 Å². The normalized spacial score (nSPS) is 12.5. The molecule has 0 fully saturated rings. The van der Waals surface area contributed by atoms with Gasteiger partial charge in [-0.2, -0.15) is 0 Å². The molecule has 0 saturated carbocycles. The van der Waals surface area contributed by atoms with Gasteiger partial charge in [0.2, 0.25) is 5.91 Å². The van der Waals surface area contributed by atoms with Crippen LogP contribution in [0.2, 0.25) is 0 Å². The molecular formula is C20H24N4O. The summed E-state index contributed by atoms with van der Waals surface area (Å²) in [6, 6.07) is 17.5. The number of aromatic nitrogens is 2. The van der Waals surface area contributed by atoms with E-state index in [9.17, 15) is 4.79 Å². The molecule has 1 aromatic heterocycles. The third-order valence-electron chi connectivity index (χ3n) is 4.60. The summed E-state index contributed by atoms with van der Waals surface area (Å²) in [5, 5.41) is 3.05. The molecule has 2 aromatic carbocycles. The number of para-hydroxylation sites is 2. The highest BCUT2D eigenvalue weighted by atomic mass is 16.2. The van der Waals surface area contributed by atoms with Gasteiger partial charge in [-0.25, -0.2) is 4.98 Å². The molecule has 0 aliphatic rings. The van der Waals surface area contributed by atoms with Crippen LogP contribution in [0.4, 0.5) is 0 Å². The molecule has 1 N–H and O–H groups in total. The summed E-state index contributed by atoms with van der Waals surface area (Å²) in [4.78, 5) is 19.5. The quantitative estimate of drug-likeness (QED) is 0.753. The van der Waals surface area contributed by atoms with Crippen LogP contribution in [0.5, 0.6) is 0 Å². The zero-order chi connectivity index (χ0) is 17.8. The van der Waals surface area contributed by atoms with Gasteiger partial charge >= 0.3 is 0 Å². The topological polar surface area (TPSA) is 50.2 Å². The zero-order valence-corrected chi connectivity index (χ0v) is 14.9. The van der Waals surface area contributed by atoms with Crippen molar-refractivity contribution in [1.29, 1.82) is 0 Å². The van der Waals surface area contributed by atoms with Gasteiger partial charge in [-0.05, 0) is 31.3 Å². The lowest BCUT2D eigenvalue weighted by molar-refractivity contribution is -0.126. The molecular weight excluding hydrogens is 312 g/mol. The van der Waals surface area contributed by atoms with Crippen molar-refractivity contribution in [1.82, 2.24) is 19.8 Å². The van der Waals surface area contributed by atoms with Gasteiger partial charge in [-0.15, -0.1) is 0 Å². The number of likely N-dealkylation sites (N-methyl/N-ethyl adjacent to an activating group) is 1. The number of imidazole rings is 1. The maximum atomic E-state index is 12.9. The van der Waals surface area contributed by atoms with Gasteiger partial charge in [0.05, 0.1) is 17.6 Å². The monoisotopic (exact) mass is 336 g/mol. The molecule has 130 valence electrons. The summed E-state index contributed by atoms with van der Waals surface area (Å²) in [7, 11) is 3.94. The van der Waals surface area contributed by atoms with Crippen LogP contribution >= 0.6 is 0 Å². The van der Waals surface area contributed by atoms with Crippen molar-refractivity contribution in [3.05, 3.63) is 66.0 Å². The predicted molar refractivity (Wildman–Crippen MR) is 100 cm³/mol. The van der Waals surface area contributed by atoms with E-state index >= 15 is 0 Å². The fourth-order valence-corrected chi connectivity index (χ4v) is 3.04. The number of nitrogens with zero attached hydrogens (tertiary/aromatic N) is 3. The number of rotatable bonds is 6. The number of nitrogens with one attached hydrogen (secondary N) is 1. The molecule has 1 heterocycles. The first-order chi connectivity index (χ1) is 12.1. The molecule has 1 atom stereocenters. The molecule has 0 radical (unpaired) electrons. The van der Waals surface area contributed by atoms with Crippen molar-refractivity contribution in [3.63, 3.8) is 0 Å². The average molecular weight is 336 g/mol. The summed E-state index contributed by atoms with van der Waals surface area (Å²) in [6.07, 6.45) is 0. The Bertz CT molecular complexity index is 857. The number of hydrogen-bond acceptors (Lipinski definition) is 3. The molecule has 0 aliphatic carbocycles. The summed E-state index contributed by atoms with van der Waals surface area (Å²) in [5.41, 5.74) is 3.01. The van der Waals surface area contributed by atoms with Gasteiger partial charge in [0, 0.05) is 7.05 Å². The lowest BCUT2D eigenvalue weighted by Crippen LogP contribution is -2.38. The van der Waals surface area contributed by atoms with Gasteiger partial charge in [0.15, 0.2) is 0 Å². The summed E-state index contributed by atoms with van der Waals surface area (Å²) >= 11 is 0. The Morgan fingerprint density at radius 3 is 2.52 bits per heavy atom. The lowest BCUT2D eigenvalue weighted by atomic mass is 10.0. The van der Waals surface area contributed by atoms with Gasteiger partial charge < -0.3 is 9.88 Å². The molecule has 0 spiro atoms. The van der Waals surface area contributed by atoms with Crippen molar-refractivity contribution >= 4 is 16.9 Å². The maximum Gasteiger partial charge on any atom is 0.242 e. The second-order valence-corrected chi connectivity index (χ2v) is 6.18. The smallest absolute Gasteiger partial charge is 0.242 e. The predicted octanol–water partition coefficient (Wildman–Crippen LogP) is 2.88. The largest absolute Gasteiger partial charge is 0.347 e. The van der Waals surface area contributed by atoms with E-state index in [-0.39, 0.29) is 11.9 Å². The van der Waals surface area contributed by atoms with E-state index in [1.807, 2.05) is 78.2 Å². The Hall–Kier alpha value is -2.66. The number of aryl methyl sites for hydroxylation is 1. The van der Waals surface area contributed by atoms with Crippen LogP contribution in [0.3, 0.4) is 0 Å². The van der Waals surface area contributed by atoms with E-state index in [1.165, 1.54) is 0 Å². The molecule has 0 aliphatic heterocycles. The molecule has 0 bridgehead atoms. The highest BCUT2D eigenvalue weighted by Crippen LogP contribution is 2.20.